The molecule has 174 valence electrons. The summed E-state index contributed by atoms with van der Waals surface area (Å²) in [4.78, 5) is 12.1. The van der Waals surface area contributed by atoms with E-state index in [1.165, 1.54) is 26.4 Å². The maximum atomic E-state index is 12.8. The molecule has 0 aromatic heterocycles. The van der Waals surface area contributed by atoms with Gasteiger partial charge < -0.3 is 9.47 Å². The summed E-state index contributed by atoms with van der Waals surface area (Å²) in [5.41, 5.74) is 1.35. The monoisotopic (exact) mass is 511 g/mol. The van der Waals surface area contributed by atoms with E-state index in [-0.39, 0.29) is 27.8 Å². The standard InChI is InChI=1S/C19H21NO5S.3CO.Cr/c1-13-9-11-15(12-10-13)26(22,23)20-18(14(2)19(21)25-4)16-7-5-6-8-17(16)24-3;3*1-2;/h5-12,18,20H,2H2,1,3-4H3;;;;/t18-;;;;/m0..../s1. The minimum Gasteiger partial charge on any atom is 0 e. The largest absolute Gasteiger partial charge is 0 e. The van der Waals surface area contributed by atoms with Crippen molar-refractivity contribution in [3.63, 3.8) is 0 Å². The Balaban J connectivity index is -0.00000119. The zero-order valence-corrected chi connectivity index (χ0v) is 20.1. The van der Waals surface area contributed by atoms with Gasteiger partial charge in [0.25, 0.3) is 0 Å². The van der Waals surface area contributed by atoms with Gasteiger partial charge in [0.05, 0.1) is 30.7 Å². The number of benzene rings is 2. The summed E-state index contributed by atoms with van der Waals surface area (Å²) in [5.74, 6) is -0.290. The summed E-state index contributed by atoms with van der Waals surface area (Å²) in [6, 6.07) is 12.1. The molecular formula is C22H21CrNO8S. The molecule has 9 nitrogen and oxygen atoms in total. The van der Waals surface area contributed by atoms with Crippen molar-refractivity contribution in [3.8, 4) is 5.75 Å². The summed E-state index contributed by atoms with van der Waals surface area (Å²) in [5, 5.41) is 0. The minimum atomic E-state index is -3.91. The van der Waals surface area contributed by atoms with E-state index >= 15 is 0 Å². The molecule has 0 radical (unpaired) electrons. The molecule has 0 heterocycles. The summed E-state index contributed by atoms with van der Waals surface area (Å²) < 4.78 is 60.6. The van der Waals surface area contributed by atoms with Crippen molar-refractivity contribution in [2.24, 2.45) is 0 Å². The average molecular weight is 511 g/mol. The Morgan fingerprint density at radius 1 is 0.970 bits per heavy atom. The number of nitrogens with one attached hydrogen (secondary N) is 1. The summed E-state index contributed by atoms with van der Waals surface area (Å²) >= 11 is 0. The third-order valence-electron chi connectivity index (χ3n) is 3.85. The second kappa shape index (κ2) is 18.7. The number of ether oxygens (including phenoxy) is 2. The number of carbonyl (C=O) groups is 1. The molecule has 2 aromatic carbocycles. The van der Waals surface area contributed by atoms with E-state index in [1.807, 2.05) is 6.92 Å². The molecule has 0 saturated carbocycles. The van der Waals surface area contributed by atoms with Crippen LogP contribution in [0.25, 0.3) is 0 Å². The molecule has 0 aliphatic heterocycles. The Bertz CT molecular complexity index is 1030. The van der Waals surface area contributed by atoms with Crippen molar-refractivity contribution in [3.05, 3.63) is 91.8 Å². The molecular weight excluding hydrogens is 490 g/mol. The maximum Gasteiger partial charge on any atom is 0 e. The van der Waals surface area contributed by atoms with E-state index in [4.69, 9.17) is 23.4 Å². The Hall–Kier alpha value is -2.89. The molecule has 0 spiro atoms. The second-order valence-corrected chi connectivity index (χ2v) is 7.34. The van der Waals surface area contributed by atoms with Crippen LogP contribution in [0.1, 0.15) is 17.2 Å². The molecule has 0 fully saturated rings. The number of carbonyl (C=O) groups excluding carboxylic acids is 1. The third-order valence-corrected chi connectivity index (χ3v) is 5.29. The van der Waals surface area contributed by atoms with Gasteiger partial charge in [-0.15, -0.1) is 0 Å². The number of hydrogen-bond donors (Lipinski definition) is 1. The predicted octanol–water partition coefficient (Wildman–Crippen LogP) is 2.64. The Labute approximate surface area is 204 Å². The Morgan fingerprint density at radius 2 is 1.45 bits per heavy atom. The van der Waals surface area contributed by atoms with Crippen molar-refractivity contribution in [1.29, 1.82) is 0 Å². The fourth-order valence-electron chi connectivity index (χ4n) is 2.42. The zero-order valence-electron chi connectivity index (χ0n) is 18.0. The topological polar surface area (TPSA) is 141 Å². The fourth-order valence-corrected chi connectivity index (χ4v) is 3.63. The van der Waals surface area contributed by atoms with Gasteiger partial charge in [0.1, 0.15) is 5.75 Å². The SMILES string of the molecule is C=C(C(=O)OC)[C@H](NS(=O)(=O)c1ccc(C)cc1)c1ccccc1OC.[C-]#[O+].[C-]#[O+].[C-]#[O+].[Cr]. The van der Waals surface area contributed by atoms with Crippen LogP contribution >= 0.6 is 0 Å². The van der Waals surface area contributed by atoms with Crippen LogP contribution in [0.3, 0.4) is 0 Å². The number of rotatable bonds is 7. The normalized spacial score (nSPS) is 9.85. The number of hydrogen-bond acceptors (Lipinski definition) is 5. The van der Waals surface area contributed by atoms with Crippen LogP contribution in [0, 0.1) is 26.9 Å². The second-order valence-electron chi connectivity index (χ2n) is 5.63. The van der Waals surface area contributed by atoms with Gasteiger partial charge in [-0.25, -0.2) is 13.2 Å². The smallest absolute Gasteiger partial charge is 0 e. The molecule has 1 N–H and O–H groups in total. The summed E-state index contributed by atoms with van der Waals surface area (Å²) in [7, 11) is -1.24. The first kappa shape index (κ1) is 34.7. The van der Waals surface area contributed by atoms with E-state index in [9.17, 15) is 13.2 Å². The first-order chi connectivity index (χ1) is 15.3. The van der Waals surface area contributed by atoms with Gasteiger partial charge in [-0.05, 0) is 25.1 Å². The van der Waals surface area contributed by atoms with E-state index in [0.717, 1.165) is 5.56 Å². The molecule has 33 heavy (non-hydrogen) atoms. The minimum absolute atomic E-state index is 0. The van der Waals surface area contributed by atoms with Gasteiger partial charge in [-0.3, -0.25) is 0 Å². The molecule has 1 atom stereocenters. The first-order valence-electron chi connectivity index (χ1n) is 8.40. The summed E-state index contributed by atoms with van der Waals surface area (Å²) in [6.07, 6.45) is 0. The molecule has 0 unspecified atom stereocenters. The van der Waals surface area contributed by atoms with Crippen LogP contribution in [0.5, 0.6) is 5.75 Å². The number of para-hydroxylation sites is 1. The van der Waals surface area contributed by atoms with Gasteiger partial charge in [-0.2, -0.15) is 4.72 Å². The Kier molecular flexibility index (Phi) is 19.6. The molecule has 11 heteroatoms. The van der Waals surface area contributed by atoms with Crippen LogP contribution in [-0.2, 0) is 50.9 Å². The number of esters is 1. The van der Waals surface area contributed by atoms with Crippen LogP contribution in [0.2, 0.25) is 0 Å². The predicted molar refractivity (Wildman–Crippen MR) is 110 cm³/mol. The summed E-state index contributed by atoms with van der Waals surface area (Å²) in [6.45, 7) is 19.1. The first-order valence-corrected chi connectivity index (χ1v) is 9.88. The maximum absolute atomic E-state index is 12.8. The molecule has 0 bridgehead atoms. The molecule has 2 aromatic rings. The van der Waals surface area contributed by atoms with Crippen molar-refractivity contribution in [2.75, 3.05) is 14.2 Å². The van der Waals surface area contributed by atoms with E-state index in [2.05, 4.69) is 31.3 Å². The zero-order chi connectivity index (χ0) is 25.3. The molecule has 0 aliphatic rings. The van der Waals surface area contributed by atoms with Gasteiger partial charge >= 0.3 is 39.9 Å². The quantitative estimate of drug-likeness (QED) is 0.263. The van der Waals surface area contributed by atoms with Crippen molar-refractivity contribution in [1.82, 2.24) is 4.72 Å². The molecule has 0 aliphatic carbocycles. The van der Waals surface area contributed by atoms with Crippen LogP contribution in [0.4, 0.5) is 0 Å². The van der Waals surface area contributed by atoms with Crippen LogP contribution in [-0.4, -0.2) is 28.6 Å². The molecule has 0 amide bonds. The average Bonchev–Trinajstić information content (AvgIpc) is 2.85. The molecule has 0 saturated heterocycles. The van der Waals surface area contributed by atoms with Crippen molar-refractivity contribution in [2.45, 2.75) is 17.9 Å². The number of aryl methyl sites for hydroxylation is 1. The number of sulfonamides is 1. The van der Waals surface area contributed by atoms with Crippen molar-refractivity contribution >= 4 is 16.0 Å². The van der Waals surface area contributed by atoms with Gasteiger partial charge in [-0.1, -0.05) is 42.5 Å². The molecule has 2 rings (SSSR count). The number of methoxy groups -OCH3 is 2. The fraction of sp³-hybridized carbons (Fsp3) is 0.182. The van der Waals surface area contributed by atoms with Gasteiger partial charge in [0, 0.05) is 22.9 Å². The Morgan fingerprint density at radius 3 is 1.91 bits per heavy atom. The van der Waals surface area contributed by atoms with Gasteiger partial charge in [0.2, 0.25) is 10.0 Å². The van der Waals surface area contributed by atoms with Gasteiger partial charge in [0.15, 0.2) is 0 Å². The van der Waals surface area contributed by atoms with Crippen LogP contribution in [0.15, 0.2) is 65.6 Å². The van der Waals surface area contributed by atoms with Crippen molar-refractivity contribution < 1.29 is 54.0 Å². The van der Waals surface area contributed by atoms with E-state index in [0.29, 0.717) is 11.3 Å². The third kappa shape index (κ3) is 10.5. The van der Waals surface area contributed by atoms with E-state index < -0.39 is 22.0 Å². The van der Waals surface area contributed by atoms with Crippen LogP contribution < -0.4 is 9.46 Å². The van der Waals surface area contributed by atoms with E-state index in [1.54, 1.807) is 36.4 Å².